The summed E-state index contributed by atoms with van der Waals surface area (Å²) in [6, 6.07) is 16.2. The van der Waals surface area contributed by atoms with E-state index < -0.39 is 5.41 Å². The molecule has 0 aromatic heterocycles. The topological polar surface area (TPSA) is 50.1 Å². The molecule has 1 aliphatic rings. The smallest absolute Gasteiger partial charge is 0.321 e. The van der Waals surface area contributed by atoms with Crippen LogP contribution in [-0.4, -0.2) is 5.97 Å². The molecule has 0 atom stereocenters. The van der Waals surface area contributed by atoms with Crippen LogP contribution in [0.1, 0.15) is 87.0 Å². The zero-order valence-corrected chi connectivity index (χ0v) is 18.4. The Morgan fingerprint density at radius 3 is 2.43 bits per heavy atom. The van der Waals surface area contributed by atoms with Gasteiger partial charge in [-0.2, -0.15) is 5.26 Å². The first-order chi connectivity index (χ1) is 14.6. The van der Waals surface area contributed by atoms with Crippen LogP contribution in [0.4, 0.5) is 0 Å². The van der Waals surface area contributed by atoms with Gasteiger partial charge in [-0.25, -0.2) is 0 Å². The quantitative estimate of drug-likeness (QED) is 0.277. The standard InChI is InChI=1S/C27H33NO2/c1-3-4-5-7-10-22-13-16-25(23(19-22)20-28)30-26(29)27(17-8-6-9-18-27)24-14-11-21(2)12-15-24/h11-16,19H,3-10,17-18H2,1-2H3. The van der Waals surface area contributed by atoms with Gasteiger partial charge in [0.2, 0.25) is 0 Å². The molecule has 0 amide bonds. The largest absolute Gasteiger partial charge is 0.424 e. The number of unbranched alkanes of at least 4 members (excludes halogenated alkanes) is 3. The van der Waals surface area contributed by atoms with Crippen molar-refractivity contribution in [3.05, 3.63) is 64.7 Å². The van der Waals surface area contributed by atoms with Gasteiger partial charge in [0.15, 0.2) is 0 Å². The molecule has 0 heterocycles. The van der Waals surface area contributed by atoms with E-state index in [-0.39, 0.29) is 5.97 Å². The summed E-state index contributed by atoms with van der Waals surface area (Å²) < 4.78 is 5.90. The van der Waals surface area contributed by atoms with Crippen molar-refractivity contribution in [2.24, 2.45) is 0 Å². The fraction of sp³-hybridized carbons (Fsp3) is 0.481. The van der Waals surface area contributed by atoms with Crippen molar-refractivity contribution >= 4 is 5.97 Å². The van der Waals surface area contributed by atoms with Crippen molar-refractivity contribution < 1.29 is 9.53 Å². The van der Waals surface area contributed by atoms with E-state index in [1.54, 1.807) is 6.07 Å². The Balaban J connectivity index is 1.80. The summed E-state index contributed by atoms with van der Waals surface area (Å²) in [5.74, 6) is 0.162. The maximum absolute atomic E-state index is 13.4. The Bertz CT molecular complexity index is 886. The van der Waals surface area contributed by atoms with Gasteiger partial charge in [-0.05, 0) is 55.9 Å². The molecule has 3 rings (SSSR count). The van der Waals surface area contributed by atoms with Gasteiger partial charge in [-0.15, -0.1) is 0 Å². The Labute approximate surface area is 181 Å². The molecule has 3 nitrogen and oxygen atoms in total. The van der Waals surface area contributed by atoms with E-state index in [9.17, 15) is 10.1 Å². The summed E-state index contributed by atoms with van der Waals surface area (Å²) in [6.07, 6.45) is 10.5. The summed E-state index contributed by atoms with van der Waals surface area (Å²) in [6.45, 7) is 4.26. The molecule has 1 fully saturated rings. The normalized spacial score (nSPS) is 15.4. The van der Waals surface area contributed by atoms with Crippen molar-refractivity contribution in [1.82, 2.24) is 0 Å². The Morgan fingerprint density at radius 2 is 1.77 bits per heavy atom. The number of benzene rings is 2. The fourth-order valence-corrected chi connectivity index (χ4v) is 4.50. The van der Waals surface area contributed by atoms with Crippen molar-refractivity contribution in [1.29, 1.82) is 5.26 Å². The first-order valence-corrected chi connectivity index (χ1v) is 11.4. The number of nitriles is 1. The highest BCUT2D eigenvalue weighted by atomic mass is 16.5. The van der Waals surface area contributed by atoms with Gasteiger partial charge in [0.1, 0.15) is 11.8 Å². The van der Waals surface area contributed by atoms with Crippen LogP contribution in [0.15, 0.2) is 42.5 Å². The second-order valence-corrected chi connectivity index (χ2v) is 8.65. The molecule has 0 radical (unpaired) electrons. The number of carbonyl (C=O) groups excluding carboxylic acids is 1. The highest BCUT2D eigenvalue weighted by molar-refractivity contribution is 5.85. The van der Waals surface area contributed by atoms with E-state index in [4.69, 9.17) is 4.74 Å². The third kappa shape index (κ3) is 5.11. The van der Waals surface area contributed by atoms with Crippen molar-refractivity contribution in [3.63, 3.8) is 0 Å². The minimum atomic E-state index is -0.614. The average molecular weight is 404 g/mol. The second kappa shape index (κ2) is 10.4. The first-order valence-electron chi connectivity index (χ1n) is 11.4. The number of hydrogen-bond acceptors (Lipinski definition) is 3. The summed E-state index contributed by atoms with van der Waals surface area (Å²) in [4.78, 5) is 13.4. The lowest BCUT2D eigenvalue weighted by atomic mass is 9.69. The summed E-state index contributed by atoms with van der Waals surface area (Å²) in [5, 5.41) is 9.65. The SMILES string of the molecule is CCCCCCc1ccc(OC(=O)C2(c3ccc(C)cc3)CCCCC2)c(C#N)c1. The first kappa shape index (κ1) is 22.1. The van der Waals surface area contributed by atoms with Crippen LogP contribution < -0.4 is 4.74 Å². The van der Waals surface area contributed by atoms with Crippen LogP contribution in [0, 0.1) is 18.3 Å². The third-order valence-electron chi connectivity index (χ3n) is 6.39. The molecule has 2 aromatic carbocycles. The molecule has 3 heteroatoms. The van der Waals surface area contributed by atoms with Crippen LogP contribution >= 0.6 is 0 Å². The lowest BCUT2D eigenvalue weighted by Crippen LogP contribution is -2.41. The molecular weight excluding hydrogens is 370 g/mol. The van der Waals surface area contributed by atoms with E-state index in [0.717, 1.165) is 56.1 Å². The van der Waals surface area contributed by atoms with Crippen LogP contribution in [0.2, 0.25) is 0 Å². The van der Waals surface area contributed by atoms with Gasteiger partial charge in [0, 0.05) is 0 Å². The Kier molecular flexibility index (Phi) is 7.69. The number of aryl methyl sites for hydroxylation is 2. The van der Waals surface area contributed by atoms with Crippen LogP contribution in [0.5, 0.6) is 5.75 Å². The van der Waals surface area contributed by atoms with Crippen molar-refractivity contribution in [3.8, 4) is 11.8 Å². The predicted octanol–water partition coefficient (Wildman–Crippen LogP) is 6.80. The predicted molar refractivity (Wildman–Crippen MR) is 121 cm³/mol. The Morgan fingerprint density at radius 1 is 1.03 bits per heavy atom. The number of nitrogens with zero attached hydrogens (tertiary/aromatic N) is 1. The third-order valence-corrected chi connectivity index (χ3v) is 6.39. The molecule has 0 spiro atoms. The van der Waals surface area contributed by atoms with Gasteiger partial charge in [0.25, 0.3) is 0 Å². The molecule has 2 aromatic rings. The number of carbonyl (C=O) groups is 1. The number of esters is 1. The molecule has 0 unspecified atom stereocenters. The highest BCUT2D eigenvalue weighted by Crippen LogP contribution is 2.41. The summed E-state index contributed by atoms with van der Waals surface area (Å²) >= 11 is 0. The zero-order chi connectivity index (χ0) is 21.4. The van der Waals surface area contributed by atoms with Gasteiger partial charge in [-0.3, -0.25) is 4.79 Å². The molecular formula is C27H33NO2. The van der Waals surface area contributed by atoms with Gasteiger partial charge >= 0.3 is 5.97 Å². The van der Waals surface area contributed by atoms with E-state index >= 15 is 0 Å². The second-order valence-electron chi connectivity index (χ2n) is 8.65. The van der Waals surface area contributed by atoms with Gasteiger partial charge in [0.05, 0.1) is 11.0 Å². The number of ether oxygens (including phenoxy) is 1. The summed E-state index contributed by atoms with van der Waals surface area (Å²) in [7, 11) is 0. The molecule has 1 saturated carbocycles. The molecule has 0 N–H and O–H groups in total. The van der Waals surface area contributed by atoms with E-state index in [0.29, 0.717) is 11.3 Å². The lowest BCUT2D eigenvalue weighted by molar-refractivity contribution is -0.142. The highest BCUT2D eigenvalue weighted by Gasteiger charge is 2.43. The van der Waals surface area contributed by atoms with Crippen LogP contribution in [0.25, 0.3) is 0 Å². The van der Waals surface area contributed by atoms with E-state index in [2.05, 4.69) is 44.2 Å². The molecule has 1 aliphatic carbocycles. The van der Waals surface area contributed by atoms with Gasteiger partial charge in [-0.1, -0.05) is 81.3 Å². The zero-order valence-electron chi connectivity index (χ0n) is 18.4. The lowest BCUT2D eigenvalue weighted by Gasteiger charge is -2.35. The fourth-order valence-electron chi connectivity index (χ4n) is 4.50. The summed E-state index contributed by atoms with van der Waals surface area (Å²) in [5.41, 5.74) is 3.18. The maximum atomic E-state index is 13.4. The number of rotatable bonds is 8. The molecule has 158 valence electrons. The van der Waals surface area contributed by atoms with Gasteiger partial charge < -0.3 is 4.74 Å². The van der Waals surface area contributed by atoms with Crippen molar-refractivity contribution in [2.45, 2.75) is 83.5 Å². The average Bonchev–Trinajstić information content (AvgIpc) is 2.78. The Hall–Kier alpha value is -2.60. The molecule has 0 saturated heterocycles. The minimum Gasteiger partial charge on any atom is -0.424 e. The minimum absolute atomic E-state index is 0.224. The van der Waals surface area contributed by atoms with E-state index in [1.807, 2.05) is 12.1 Å². The molecule has 30 heavy (non-hydrogen) atoms. The monoisotopic (exact) mass is 403 g/mol. The number of hydrogen-bond donors (Lipinski definition) is 0. The van der Waals surface area contributed by atoms with Crippen LogP contribution in [0.3, 0.4) is 0 Å². The van der Waals surface area contributed by atoms with Crippen LogP contribution in [-0.2, 0) is 16.6 Å². The molecule has 0 aliphatic heterocycles. The maximum Gasteiger partial charge on any atom is 0.321 e. The molecule has 0 bridgehead atoms. The van der Waals surface area contributed by atoms with Crippen molar-refractivity contribution in [2.75, 3.05) is 0 Å². The van der Waals surface area contributed by atoms with E-state index in [1.165, 1.54) is 24.8 Å².